The molecule has 94 valence electrons. The highest BCUT2D eigenvalue weighted by molar-refractivity contribution is 5.76. The number of aromatic nitrogens is 2. The number of allylic oxidation sites excluding steroid dienone is 6. The van der Waals surface area contributed by atoms with Gasteiger partial charge in [-0.1, -0.05) is 43.5 Å². The average Bonchev–Trinajstić information content (AvgIpc) is 2.73. The Hall–Kier alpha value is -2.36. The number of rotatable bonds is 7. The van der Waals surface area contributed by atoms with E-state index >= 15 is 0 Å². The van der Waals surface area contributed by atoms with E-state index in [2.05, 4.69) is 18.1 Å². The van der Waals surface area contributed by atoms with E-state index in [4.69, 9.17) is 5.73 Å². The van der Waals surface area contributed by atoms with Crippen molar-refractivity contribution >= 4 is 5.91 Å². The van der Waals surface area contributed by atoms with Gasteiger partial charge in [0, 0.05) is 18.4 Å². The van der Waals surface area contributed by atoms with Crippen molar-refractivity contribution in [2.45, 2.75) is 13.0 Å². The van der Waals surface area contributed by atoms with Crippen molar-refractivity contribution in [1.82, 2.24) is 9.55 Å². The van der Waals surface area contributed by atoms with E-state index in [1.54, 1.807) is 24.7 Å². The zero-order chi connectivity index (χ0) is 13.4. The first kappa shape index (κ1) is 13.7. The van der Waals surface area contributed by atoms with Crippen LogP contribution < -0.4 is 5.73 Å². The van der Waals surface area contributed by atoms with E-state index in [9.17, 15) is 4.79 Å². The summed E-state index contributed by atoms with van der Waals surface area (Å²) < 4.78 is 1.88. The van der Waals surface area contributed by atoms with Crippen LogP contribution in [0.4, 0.5) is 0 Å². The van der Waals surface area contributed by atoms with Crippen molar-refractivity contribution in [3.05, 3.63) is 67.3 Å². The lowest BCUT2D eigenvalue weighted by Gasteiger charge is -2.07. The molecule has 0 saturated carbocycles. The molecule has 1 heterocycles. The third-order valence-electron chi connectivity index (χ3n) is 2.29. The summed E-state index contributed by atoms with van der Waals surface area (Å²) in [7, 11) is 0. The van der Waals surface area contributed by atoms with Gasteiger partial charge < -0.3 is 10.3 Å². The molecular formula is C14H17N3O. The van der Waals surface area contributed by atoms with Gasteiger partial charge in [0.25, 0.3) is 0 Å². The van der Waals surface area contributed by atoms with Crippen molar-refractivity contribution in [2.24, 2.45) is 5.73 Å². The molecule has 0 aliphatic heterocycles. The molecule has 0 aromatic carbocycles. The summed E-state index contributed by atoms with van der Waals surface area (Å²) in [5, 5.41) is 0. The Kier molecular flexibility index (Phi) is 5.38. The number of hydrogen-bond acceptors (Lipinski definition) is 2. The summed E-state index contributed by atoms with van der Waals surface area (Å²) in [6, 6.07) is 0. The third kappa shape index (κ3) is 4.25. The zero-order valence-corrected chi connectivity index (χ0v) is 10.2. The van der Waals surface area contributed by atoms with Crippen molar-refractivity contribution in [3.63, 3.8) is 0 Å². The highest BCUT2D eigenvalue weighted by Gasteiger charge is 2.05. The van der Waals surface area contributed by atoms with Gasteiger partial charge in [0.15, 0.2) is 0 Å². The SMILES string of the molecule is C=C/C=C\C(=C/C=C)Cn1cncc1CC(N)=O. The summed E-state index contributed by atoms with van der Waals surface area (Å²) in [6.45, 7) is 7.91. The van der Waals surface area contributed by atoms with Crippen LogP contribution in [0.3, 0.4) is 0 Å². The number of imidazole rings is 1. The van der Waals surface area contributed by atoms with Gasteiger partial charge in [0.05, 0.1) is 12.7 Å². The lowest BCUT2D eigenvalue weighted by atomic mass is 10.2. The van der Waals surface area contributed by atoms with Gasteiger partial charge in [0.1, 0.15) is 0 Å². The first-order valence-electron chi connectivity index (χ1n) is 5.55. The molecule has 0 fully saturated rings. The predicted molar refractivity (Wildman–Crippen MR) is 72.7 cm³/mol. The molecule has 0 aliphatic rings. The zero-order valence-electron chi connectivity index (χ0n) is 10.2. The topological polar surface area (TPSA) is 60.9 Å². The van der Waals surface area contributed by atoms with Crippen LogP contribution in [0.15, 0.2) is 61.6 Å². The fourth-order valence-electron chi connectivity index (χ4n) is 1.52. The largest absolute Gasteiger partial charge is 0.369 e. The van der Waals surface area contributed by atoms with Crippen LogP contribution in [0.2, 0.25) is 0 Å². The van der Waals surface area contributed by atoms with E-state index in [1.807, 2.05) is 22.8 Å². The minimum absolute atomic E-state index is 0.187. The van der Waals surface area contributed by atoms with Crippen molar-refractivity contribution in [1.29, 1.82) is 0 Å². The summed E-state index contributed by atoms with van der Waals surface area (Å²) in [5.41, 5.74) is 7.02. The molecule has 1 rings (SSSR count). The van der Waals surface area contributed by atoms with Crippen molar-refractivity contribution in [3.8, 4) is 0 Å². The highest BCUT2D eigenvalue weighted by Crippen LogP contribution is 2.07. The third-order valence-corrected chi connectivity index (χ3v) is 2.29. The fraction of sp³-hybridized carbons (Fsp3) is 0.143. The Morgan fingerprint density at radius 3 is 2.83 bits per heavy atom. The quantitative estimate of drug-likeness (QED) is 0.742. The Bertz CT molecular complexity index is 495. The van der Waals surface area contributed by atoms with Gasteiger partial charge in [-0.15, -0.1) is 0 Å². The molecule has 0 bridgehead atoms. The second kappa shape index (κ2) is 7.06. The molecule has 18 heavy (non-hydrogen) atoms. The summed E-state index contributed by atoms with van der Waals surface area (Å²) >= 11 is 0. The van der Waals surface area contributed by atoms with Crippen LogP contribution in [0.25, 0.3) is 0 Å². The molecule has 0 aliphatic carbocycles. The van der Waals surface area contributed by atoms with Gasteiger partial charge >= 0.3 is 0 Å². The van der Waals surface area contributed by atoms with E-state index in [0.29, 0.717) is 6.54 Å². The smallest absolute Gasteiger partial charge is 0.223 e. The van der Waals surface area contributed by atoms with Crippen LogP contribution in [0, 0.1) is 0 Å². The van der Waals surface area contributed by atoms with Crippen LogP contribution in [-0.2, 0) is 17.8 Å². The summed E-state index contributed by atoms with van der Waals surface area (Å²) in [5.74, 6) is -0.368. The van der Waals surface area contributed by atoms with Crippen LogP contribution in [-0.4, -0.2) is 15.5 Å². The molecule has 1 aromatic heterocycles. The molecule has 0 saturated heterocycles. The van der Waals surface area contributed by atoms with Crippen LogP contribution >= 0.6 is 0 Å². The van der Waals surface area contributed by atoms with Gasteiger partial charge in [-0.3, -0.25) is 4.79 Å². The normalized spacial score (nSPS) is 11.7. The van der Waals surface area contributed by atoms with E-state index in [1.165, 1.54) is 0 Å². The maximum Gasteiger partial charge on any atom is 0.223 e. The monoisotopic (exact) mass is 243 g/mol. The van der Waals surface area contributed by atoms with E-state index in [-0.39, 0.29) is 12.3 Å². The molecule has 0 unspecified atom stereocenters. The maximum atomic E-state index is 10.9. The number of carbonyl (C=O) groups excluding carboxylic acids is 1. The van der Waals surface area contributed by atoms with Crippen molar-refractivity contribution < 1.29 is 4.79 Å². The Balaban J connectivity index is 2.87. The number of nitrogens with zero attached hydrogens (tertiary/aromatic N) is 2. The average molecular weight is 243 g/mol. The van der Waals surface area contributed by atoms with Gasteiger partial charge in [-0.25, -0.2) is 4.98 Å². The maximum absolute atomic E-state index is 10.9. The number of nitrogens with two attached hydrogens (primary N) is 1. The lowest BCUT2D eigenvalue weighted by Crippen LogP contribution is -2.16. The first-order valence-corrected chi connectivity index (χ1v) is 5.55. The fourth-order valence-corrected chi connectivity index (χ4v) is 1.52. The molecule has 0 spiro atoms. The van der Waals surface area contributed by atoms with Crippen LogP contribution in [0.1, 0.15) is 5.69 Å². The van der Waals surface area contributed by atoms with Gasteiger partial charge in [0.2, 0.25) is 5.91 Å². The number of hydrogen-bond donors (Lipinski definition) is 1. The summed E-state index contributed by atoms with van der Waals surface area (Å²) in [6.07, 6.45) is 12.6. The van der Waals surface area contributed by atoms with E-state index < -0.39 is 0 Å². The molecule has 1 aromatic rings. The number of carbonyl (C=O) groups is 1. The molecule has 1 amide bonds. The molecule has 2 N–H and O–H groups in total. The standard InChI is InChI=1S/C14H17N3O/c1-3-5-7-12(6-4-2)10-17-11-16-9-13(17)8-14(15)18/h3-7,9,11H,1-2,8,10H2,(H2,15,18)/b7-5-,12-6+. The Labute approximate surface area is 107 Å². The number of amides is 1. The number of primary amides is 1. The van der Waals surface area contributed by atoms with E-state index in [0.717, 1.165) is 11.3 Å². The van der Waals surface area contributed by atoms with Gasteiger partial charge in [-0.2, -0.15) is 0 Å². The minimum Gasteiger partial charge on any atom is -0.369 e. The molecule has 0 radical (unpaired) electrons. The second-order valence-corrected chi connectivity index (χ2v) is 3.73. The Morgan fingerprint density at radius 1 is 1.44 bits per heavy atom. The van der Waals surface area contributed by atoms with Crippen molar-refractivity contribution in [2.75, 3.05) is 0 Å². The predicted octanol–water partition coefficient (Wildman–Crippen LogP) is 1.77. The molecular weight excluding hydrogens is 226 g/mol. The second-order valence-electron chi connectivity index (χ2n) is 3.73. The minimum atomic E-state index is -0.368. The molecule has 4 nitrogen and oxygen atoms in total. The molecule has 0 atom stereocenters. The first-order chi connectivity index (χ1) is 8.67. The molecule has 4 heteroatoms. The Morgan fingerprint density at radius 2 is 2.22 bits per heavy atom. The summed E-state index contributed by atoms with van der Waals surface area (Å²) in [4.78, 5) is 15.0. The highest BCUT2D eigenvalue weighted by atomic mass is 16.1. The lowest BCUT2D eigenvalue weighted by molar-refractivity contribution is -0.117. The van der Waals surface area contributed by atoms with Crippen LogP contribution in [0.5, 0.6) is 0 Å². The van der Waals surface area contributed by atoms with Gasteiger partial charge in [-0.05, 0) is 5.57 Å².